The number of rotatable bonds is 5. The molecule has 5 rings (SSSR count). The highest BCUT2D eigenvalue weighted by Crippen LogP contribution is 2.34. The Morgan fingerprint density at radius 3 is 2.54 bits per heavy atom. The molecule has 1 saturated heterocycles. The molecule has 3 aromatic heterocycles. The normalized spacial score (nSPS) is 15.1. The Bertz CT molecular complexity index is 1350. The van der Waals surface area contributed by atoms with E-state index in [0.29, 0.717) is 11.8 Å². The third kappa shape index (κ3) is 5.11. The lowest BCUT2D eigenvalue weighted by molar-refractivity contribution is 0.311. The molecule has 1 aliphatic heterocycles. The summed E-state index contributed by atoms with van der Waals surface area (Å²) in [4.78, 5) is 23.3. The predicted molar refractivity (Wildman–Crippen MR) is 144 cm³/mol. The quantitative estimate of drug-likeness (QED) is 0.375. The van der Waals surface area contributed by atoms with Gasteiger partial charge < -0.3 is 24.8 Å². The molecule has 0 amide bonds. The van der Waals surface area contributed by atoms with Crippen LogP contribution < -0.4 is 15.0 Å². The number of nitrogens with zero attached hydrogens (tertiary/aromatic N) is 5. The Labute approximate surface area is 210 Å². The zero-order chi connectivity index (χ0) is 24.7. The number of nitrogens with one attached hydrogen (secondary N) is 2. The van der Waals surface area contributed by atoms with Gasteiger partial charge in [-0.3, -0.25) is 0 Å². The van der Waals surface area contributed by atoms with E-state index < -0.39 is 0 Å². The van der Waals surface area contributed by atoms with Crippen LogP contribution in [-0.2, 0) is 5.41 Å². The fourth-order valence-electron chi connectivity index (χ4n) is 4.19. The van der Waals surface area contributed by atoms with Gasteiger partial charge in [0, 0.05) is 65.5 Å². The lowest BCUT2D eigenvalue weighted by Gasteiger charge is -2.33. The molecule has 8 nitrogen and oxygen atoms in total. The van der Waals surface area contributed by atoms with Crippen molar-refractivity contribution in [2.24, 2.45) is 0 Å². The average molecular weight is 492 g/mol. The number of hydrogen-bond donors (Lipinski definition) is 2. The molecule has 1 fully saturated rings. The first-order valence-electron chi connectivity index (χ1n) is 12.0. The van der Waals surface area contributed by atoms with E-state index >= 15 is 0 Å². The van der Waals surface area contributed by atoms with Crippen molar-refractivity contribution in [3.8, 4) is 11.8 Å². The smallest absolute Gasteiger partial charge is 0.325 e. The van der Waals surface area contributed by atoms with E-state index in [1.54, 1.807) is 11.3 Å². The van der Waals surface area contributed by atoms with Crippen LogP contribution in [0.2, 0.25) is 0 Å². The zero-order valence-electron chi connectivity index (χ0n) is 21.3. The van der Waals surface area contributed by atoms with Crippen LogP contribution in [0.5, 0.6) is 11.8 Å². The highest BCUT2D eigenvalue weighted by Gasteiger charge is 2.20. The van der Waals surface area contributed by atoms with Crippen molar-refractivity contribution in [3.63, 3.8) is 0 Å². The van der Waals surface area contributed by atoms with Gasteiger partial charge in [0.05, 0.1) is 0 Å². The van der Waals surface area contributed by atoms with Gasteiger partial charge in [-0.05, 0) is 44.5 Å². The number of hydrogen-bond acceptors (Lipinski definition) is 8. The van der Waals surface area contributed by atoms with Crippen molar-refractivity contribution in [3.05, 3.63) is 46.6 Å². The maximum atomic E-state index is 6.29. The van der Waals surface area contributed by atoms with Gasteiger partial charge in [0.1, 0.15) is 17.4 Å². The Balaban J connectivity index is 1.48. The summed E-state index contributed by atoms with van der Waals surface area (Å²) in [7, 11) is 2.15. The van der Waals surface area contributed by atoms with Crippen LogP contribution in [0.4, 0.5) is 16.8 Å². The van der Waals surface area contributed by atoms with Gasteiger partial charge in [-0.1, -0.05) is 20.8 Å². The molecular weight excluding hydrogens is 458 g/mol. The van der Waals surface area contributed by atoms with Crippen molar-refractivity contribution in [1.29, 1.82) is 0 Å². The Morgan fingerprint density at radius 1 is 1.06 bits per heavy atom. The van der Waals surface area contributed by atoms with Crippen molar-refractivity contribution in [2.75, 3.05) is 43.4 Å². The molecule has 0 atom stereocenters. The summed E-state index contributed by atoms with van der Waals surface area (Å²) < 4.78 is 6.29. The number of thiazole rings is 1. The first-order valence-corrected chi connectivity index (χ1v) is 12.8. The van der Waals surface area contributed by atoms with Gasteiger partial charge in [0.25, 0.3) is 0 Å². The molecular formula is C26H33N7OS. The van der Waals surface area contributed by atoms with Crippen LogP contribution in [-0.4, -0.2) is 58.1 Å². The number of fused-ring (bicyclic) bond motifs is 1. The van der Waals surface area contributed by atoms with Crippen LogP contribution in [0.3, 0.4) is 0 Å². The minimum atomic E-state index is 0.0509. The summed E-state index contributed by atoms with van der Waals surface area (Å²) in [5.41, 5.74) is 3.33. The molecule has 0 radical (unpaired) electrons. The largest absolute Gasteiger partial charge is 0.424 e. The fourth-order valence-corrected chi connectivity index (χ4v) is 5.07. The average Bonchev–Trinajstić information content (AvgIpc) is 3.43. The lowest BCUT2D eigenvalue weighted by Crippen LogP contribution is -2.44. The van der Waals surface area contributed by atoms with Gasteiger partial charge in [-0.2, -0.15) is 9.97 Å². The van der Waals surface area contributed by atoms with E-state index in [2.05, 4.69) is 72.8 Å². The molecule has 35 heavy (non-hydrogen) atoms. The number of aromatic nitrogens is 4. The van der Waals surface area contributed by atoms with Crippen LogP contribution >= 0.6 is 11.3 Å². The van der Waals surface area contributed by atoms with E-state index in [1.807, 2.05) is 24.4 Å². The van der Waals surface area contributed by atoms with Gasteiger partial charge in [-0.25, -0.2) is 4.98 Å². The second-order valence-electron chi connectivity index (χ2n) is 10.3. The number of ether oxygens (including phenoxy) is 1. The first-order chi connectivity index (χ1) is 16.7. The van der Waals surface area contributed by atoms with Gasteiger partial charge >= 0.3 is 6.01 Å². The van der Waals surface area contributed by atoms with Crippen LogP contribution in [0.15, 0.2) is 30.5 Å². The van der Waals surface area contributed by atoms with Crippen molar-refractivity contribution in [1.82, 2.24) is 24.8 Å². The summed E-state index contributed by atoms with van der Waals surface area (Å²) in [6.45, 7) is 14.5. The molecule has 4 aromatic rings. The standard InChI is InChI=1S/C26H33N7OS/c1-16-13-18-17(2)20(8-7-19(18)28-16)34-24-29-22(30-25-27-15-21(35-25)26(3,4)5)14-23(31-24)33-11-9-32(6)10-12-33/h7-8,13-15,28H,9-12H2,1-6H3,(H,27,29,30,31). The number of benzene rings is 1. The summed E-state index contributed by atoms with van der Waals surface area (Å²) >= 11 is 1.65. The third-order valence-corrected chi connectivity index (χ3v) is 7.70. The molecule has 1 aliphatic rings. The molecule has 4 heterocycles. The number of piperazine rings is 1. The predicted octanol–water partition coefficient (Wildman–Crippen LogP) is 5.62. The topological polar surface area (TPSA) is 82.2 Å². The molecule has 0 saturated carbocycles. The second-order valence-corrected chi connectivity index (χ2v) is 11.3. The minimum Gasteiger partial charge on any atom is -0.424 e. The zero-order valence-corrected chi connectivity index (χ0v) is 22.1. The monoisotopic (exact) mass is 491 g/mol. The number of anilines is 3. The summed E-state index contributed by atoms with van der Waals surface area (Å²) in [6, 6.07) is 8.47. The molecule has 184 valence electrons. The molecule has 9 heteroatoms. The fraction of sp³-hybridized carbons (Fsp3) is 0.423. The molecule has 2 N–H and O–H groups in total. The highest BCUT2D eigenvalue weighted by atomic mass is 32.1. The Morgan fingerprint density at radius 2 is 1.83 bits per heavy atom. The van der Waals surface area contributed by atoms with Gasteiger partial charge in [0.2, 0.25) is 0 Å². The summed E-state index contributed by atoms with van der Waals surface area (Å²) in [5.74, 6) is 2.28. The highest BCUT2D eigenvalue weighted by molar-refractivity contribution is 7.15. The molecule has 0 unspecified atom stereocenters. The van der Waals surface area contributed by atoms with Crippen LogP contribution in [0.1, 0.15) is 36.9 Å². The summed E-state index contributed by atoms with van der Waals surface area (Å²) in [5, 5.41) is 5.35. The molecule has 0 aliphatic carbocycles. The van der Waals surface area contributed by atoms with E-state index in [0.717, 1.165) is 65.0 Å². The number of aryl methyl sites for hydroxylation is 2. The van der Waals surface area contributed by atoms with E-state index in [9.17, 15) is 0 Å². The second kappa shape index (κ2) is 9.13. The lowest BCUT2D eigenvalue weighted by atomic mass is 9.96. The van der Waals surface area contributed by atoms with E-state index in [4.69, 9.17) is 14.7 Å². The first kappa shape index (κ1) is 23.6. The van der Waals surface area contributed by atoms with Crippen molar-refractivity contribution >= 4 is 39.0 Å². The SMILES string of the molecule is Cc1cc2c(C)c(Oc3nc(Nc4ncc(C(C)(C)C)s4)cc(N4CCN(C)CC4)n3)ccc2[nH]1. The number of H-pyrrole nitrogens is 1. The Kier molecular flexibility index (Phi) is 6.14. The van der Waals surface area contributed by atoms with Crippen LogP contribution in [0.25, 0.3) is 10.9 Å². The minimum absolute atomic E-state index is 0.0509. The maximum Gasteiger partial charge on any atom is 0.325 e. The maximum absolute atomic E-state index is 6.29. The molecule has 0 spiro atoms. The molecule has 0 bridgehead atoms. The third-order valence-electron chi connectivity index (χ3n) is 6.36. The Hall–Kier alpha value is -3.17. The van der Waals surface area contributed by atoms with E-state index in [-0.39, 0.29) is 5.41 Å². The van der Waals surface area contributed by atoms with Gasteiger partial charge in [-0.15, -0.1) is 11.3 Å². The number of aromatic amines is 1. The van der Waals surface area contributed by atoms with Gasteiger partial charge in [0.15, 0.2) is 5.13 Å². The number of likely N-dealkylation sites (N-methyl/N-ethyl adjacent to an activating group) is 1. The van der Waals surface area contributed by atoms with Crippen LogP contribution in [0, 0.1) is 13.8 Å². The molecule has 1 aromatic carbocycles. The summed E-state index contributed by atoms with van der Waals surface area (Å²) in [6.07, 6.45) is 1.93. The van der Waals surface area contributed by atoms with Crippen molar-refractivity contribution in [2.45, 2.75) is 40.0 Å². The van der Waals surface area contributed by atoms with E-state index in [1.165, 1.54) is 4.88 Å². The van der Waals surface area contributed by atoms with Crippen molar-refractivity contribution < 1.29 is 4.74 Å².